The number of nitrogens with zero attached hydrogens (tertiary/aromatic N) is 3. The number of hydrogen-bond acceptors (Lipinski definition) is 5. The van der Waals surface area contributed by atoms with Crippen molar-refractivity contribution in [2.24, 2.45) is 0 Å². The van der Waals surface area contributed by atoms with Crippen molar-refractivity contribution < 1.29 is 14.0 Å². The molecule has 0 bridgehead atoms. The first-order valence-corrected chi connectivity index (χ1v) is 7.87. The van der Waals surface area contributed by atoms with E-state index in [-0.39, 0.29) is 11.8 Å². The lowest BCUT2D eigenvalue weighted by atomic mass is 10.1. The van der Waals surface area contributed by atoms with Gasteiger partial charge in [-0.15, -0.1) is 0 Å². The van der Waals surface area contributed by atoms with Gasteiger partial charge in [0.15, 0.2) is 0 Å². The second-order valence-electron chi connectivity index (χ2n) is 5.82. The number of carbonyl (C=O) groups is 2. The molecule has 2 aromatic rings. The van der Waals surface area contributed by atoms with E-state index < -0.39 is 0 Å². The molecule has 0 radical (unpaired) electrons. The summed E-state index contributed by atoms with van der Waals surface area (Å²) in [6, 6.07) is 5.13. The van der Waals surface area contributed by atoms with Crippen LogP contribution in [-0.2, 0) is 6.54 Å². The Morgan fingerprint density at radius 1 is 1.21 bits per heavy atom. The maximum Gasteiger partial charge on any atom is 0.255 e. The van der Waals surface area contributed by atoms with Gasteiger partial charge in [0.2, 0.25) is 0 Å². The highest BCUT2D eigenvalue weighted by molar-refractivity contribution is 5.99. The Balaban J connectivity index is 1.64. The van der Waals surface area contributed by atoms with Gasteiger partial charge in [0.1, 0.15) is 5.76 Å². The van der Waals surface area contributed by atoms with Crippen LogP contribution in [0.25, 0.3) is 0 Å². The van der Waals surface area contributed by atoms with E-state index in [0.717, 1.165) is 13.1 Å². The van der Waals surface area contributed by atoms with Crippen LogP contribution in [0.15, 0.2) is 41.3 Å². The Bertz CT molecular complexity index is 706. The molecule has 1 aliphatic heterocycles. The predicted octanol–water partition coefficient (Wildman–Crippen LogP) is 0.992. The van der Waals surface area contributed by atoms with Crippen molar-refractivity contribution in [2.75, 3.05) is 33.2 Å². The Morgan fingerprint density at radius 3 is 2.67 bits per heavy atom. The molecule has 126 valence electrons. The van der Waals surface area contributed by atoms with Crippen LogP contribution in [0.2, 0.25) is 0 Å². The van der Waals surface area contributed by atoms with Crippen molar-refractivity contribution in [3.8, 4) is 0 Å². The molecule has 7 heteroatoms. The van der Waals surface area contributed by atoms with E-state index in [1.807, 2.05) is 7.05 Å². The third kappa shape index (κ3) is 3.80. The summed E-state index contributed by atoms with van der Waals surface area (Å²) in [5, 5.41) is 2.75. The summed E-state index contributed by atoms with van der Waals surface area (Å²) < 4.78 is 5.17. The number of amides is 2. The van der Waals surface area contributed by atoms with Crippen LogP contribution in [0, 0.1) is 0 Å². The zero-order valence-corrected chi connectivity index (χ0v) is 13.6. The molecule has 1 N–H and O–H groups in total. The summed E-state index contributed by atoms with van der Waals surface area (Å²) in [4.78, 5) is 32.8. The second kappa shape index (κ2) is 7.27. The lowest BCUT2D eigenvalue weighted by Crippen LogP contribution is -2.47. The minimum absolute atomic E-state index is 0.0868. The summed E-state index contributed by atoms with van der Waals surface area (Å²) in [5.74, 6) is 0.296. The number of hydrogen-bond donors (Lipinski definition) is 1. The molecule has 1 saturated heterocycles. The standard InChI is InChI=1S/C17H20N4O3/c1-20-4-6-21(7-5-20)17(23)14-9-13(10-18-11-14)16(22)19-12-15-3-2-8-24-15/h2-3,8-11H,4-7,12H2,1H3,(H,19,22). The van der Waals surface area contributed by atoms with Crippen molar-refractivity contribution in [1.82, 2.24) is 20.1 Å². The quantitative estimate of drug-likeness (QED) is 0.905. The summed E-state index contributed by atoms with van der Waals surface area (Å²) in [6.07, 6.45) is 4.51. The molecule has 0 atom stereocenters. The Labute approximate surface area is 140 Å². The molecule has 3 rings (SSSR count). The van der Waals surface area contributed by atoms with Crippen molar-refractivity contribution in [2.45, 2.75) is 6.54 Å². The number of pyridine rings is 1. The first kappa shape index (κ1) is 16.2. The van der Waals surface area contributed by atoms with Gasteiger partial charge in [0.05, 0.1) is 23.9 Å². The molecule has 0 saturated carbocycles. The third-order valence-electron chi connectivity index (χ3n) is 4.04. The van der Waals surface area contributed by atoms with Gasteiger partial charge in [-0.3, -0.25) is 14.6 Å². The normalized spacial score (nSPS) is 15.3. The van der Waals surface area contributed by atoms with Crippen LogP contribution in [0.4, 0.5) is 0 Å². The van der Waals surface area contributed by atoms with E-state index in [1.165, 1.54) is 12.4 Å². The van der Waals surface area contributed by atoms with E-state index in [1.54, 1.807) is 29.4 Å². The largest absolute Gasteiger partial charge is 0.467 e. The summed E-state index contributed by atoms with van der Waals surface area (Å²) in [6.45, 7) is 3.36. The van der Waals surface area contributed by atoms with Crippen molar-refractivity contribution >= 4 is 11.8 Å². The molecule has 0 aliphatic carbocycles. The number of rotatable bonds is 4. The van der Waals surface area contributed by atoms with Gasteiger partial charge in [0, 0.05) is 38.6 Å². The van der Waals surface area contributed by atoms with Gasteiger partial charge >= 0.3 is 0 Å². The fraction of sp³-hybridized carbons (Fsp3) is 0.353. The first-order chi connectivity index (χ1) is 11.6. The molecule has 7 nitrogen and oxygen atoms in total. The molecule has 0 aromatic carbocycles. The summed E-state index contributed by atoms with van der Waals surface area (Å²) in [7, 11) is 2.04. The summed E-state index contributed by atoms with van der Waals surface area (Å²) in [5.41, 5.74) is 0.798. The van der Waals surface area contributed by atoms with Crippen molar-refractivity contribution in [1.29, 1.82) is 0 Å². The van der Waals surface area contributed by atoms with Crippen LogP contribution in [0.5, 0.6) is 0 Å². The van der Waals surface area contributed by atoms with Gasteiger partial charge < -0.3 is 19.5 Å². The molecule has 1 aliphatic rings. The molecule has 3 heterocycles. The van der Waals surface area contributed by atoms with Gasteiger partial charge in [-0.1, -0.05) is 0 Å². The van der Waals surface area contributed by atoms with Crippen LogP contribution in [0.1, 0.15) is 26.5 Å². The average molecular weight is 328 g/mol. The maximum atomic E-state index is 12.5. The molecular weight excluding hydrogens is 308 g/mol. The number of carbonyl (C=O) groups excluding carboxylic acids is 2. The zero-order valence-electron chi connectivity index (χ0n) is 13.6. The van der Waals surface area contributed by atoms with Gasteiger partial charge in [-0.25, -0.2) is 0 Å². The van der Waals surface area contributed by atoms with Gasteiger partial charge in [-0.2, -0.15) is 0 Å². The average Bonchev–Trinajstić information content (AvgIpc) is 3.13. The number of nitrogens with one attached hydrogen (secondary N) is 1. The van der Waals surface area contributed by atoms with Gasteiger partial charge in [-0.05, 0) is 25.2 Å². The van der Waals surface area contributed by atoms with E-state index in [0.29, 0.717) is 36.5 Å². The molecule has 0 spiro atoms. The number of likely N-dealkylation sites (N-methyl/N-ethyl adjacent to an activating group) is 1. The highest BCUT2D eigenvalue weighted by Crippen LogP contribution is 2.10. The molecule has 1 fully saturated rings. The molecule has 0 unspecified atom stereocenters. The van der Waals surface area contributed by atoms with E-state index in [4.69, 9.17) is 4.42 Å². The van der Waals surface area contributed by atoms with E-state index >= 15 is 0 Å². The monoisotopic (exact) mass is 328 g/mol. The smallest absolute Gasteiger partial charge is 0.255 e. The van der Waals surface area contributed by atoms with Crippen molar-refractivity contribution in [3.63, 3.8) is 0 Å². The van der Waals surface area contributed by atoms with Crippen LogP contribution < -0.4 is 5.32 Å². The van der Waals surface area contributed by atoms with Crippen LogP contribution in [0.3, 0.4) is 0 Å². The molecule has 24 heavy (non-hydrogen) atoms. The third-order valence-corrected chi connectivity index (χ3v) is 4.04. The SMILES string of the molecule is CN1CCN(C(=O)c2cncc(C(=O)NCc3ccco3)c2)CC1. The molecule has 2 amide bonds. The summed E-state index contributed by atoms with van der Waals surface area (Å²) >= 11 is 0. The van der Waals surface area contributed by atoms with E-state index in [9.17, 15) is 9.59 Å². The fourth-order valence-corrected chi connectivity index (χ4v) is 2.56. The van der Waals surface area contributed by atoms with Crippen molar-refractivity contribution in [3.05, 3.63) is 53.7 Å². The zero-order chi connectivity index (χ0) is 16.9. The highest BCUT2D eigenvalue weighted by Gasteiger charge is 2.21. The fourth-order valence-electron chi connectivity index (χ4n) is 2.56. The first-order valence-electron chi connectivity index (χ1n) is 7.87. The van der Waals surface area contributed by atoms with Crippen LogP contribution >= 0.6 is 0 Å². The predicted molar refractivity (Wildman–Crippen MR) is 87.5 cm³/mol. The highest BCUT2D eigenvalue weighted by atomic mass is 16.3. The maximum absolute atomic E-state index is 12.5. The topological polar surface area (TPSA) is 78.7 Å². The number of aromatic nitrogens is 1. The Hall–Kier alpha value is -2.67. The van der Waals surface area contributed by atoms with Gasteiger partial charge in [0.25, 0.3) is 11.8 Å². The van der Waals surface area contributed by atoms with Crippen LogP contribution in [-0.4, -0.2) is 59.8 Å². The van der Waals surface area contributed by atoms with E-state index in [2.05, 4.69) is 15.2 Å². The number of furan rings is 1. The molecular formula is C17H20N4O3. The molecule has 2 aromatic heterocycles. The Kier molecular flexibility index (Phi) is 4.90. The minimum atomic E-state index is -0.285. The lowest BCUT2D eigenvalue weighted by Gasteiger charge is -2.32. The Morgan fingerprint density at radius 2 is 1.96 bits per heavy atom. The number of piperazine rings is 1. The minimum Gasteiger partial charge on any atom is -0.467 e. The lowest BCUT2D eigenvalue weighted by molar-refractivity contribution is 0.0663. The second-order valence-corrected chi connectivity index (χ2v) is 5.82.